The van der Waals surface area contributed by atoms with Crippen molar-refractivity contribution in [2.45, 2.75) is 39.5 Å². The molecule has 1 aromatic heterocycles. The first-order valence-corrected chi connectivity index (χ1v) is 11.4. The lowest BCUT2D eigenvalue weighted by molar-refractivity contribution is 0.227. The van der Waals surface area contributed by atoms with E-state index in [1.165, 1.54) is 17.5 Å². The fourth-order valence-corrected chi connectivity index (χ4v) is 4.52. The lowest BCUT2D eigenvalue weighted by Gasteiger charge is -2.27. The summed E-state index contributed by atoms with van der Waals surface area (Å²) in [4.78, 5) is 4.02. The molecule has 7 heteroatoms. The van der Waals surface area contributed by atoms with Gasteiger partial charge >= 0.3 is 7.68 Å². The summed E-state index contributed by atoms with van der Waals surface area (Å²) in [6.45, 7) is 7.37. The van der Waals surface area contributed by atoms with Gasteiger partial charge in [0.25, 0.3) is 0 Å². The van der Waals surface area contributed by atoms with Crippen LogP contribution in [0.25, 0.3) is 0 Å². The van der Waals surface area contributed by atoms with E-state index in [2.05, 4.69) is 33.0 Å². The quantitative estimate of drug-likeness (QED) is 0.572. The maximum atomic E-state index is 12.0. The van der Waals surface area contributed by atoms with Crippen LogP contribution < -0.4 is 0 Å². The highest BCUT2D eigenvalue weighted by Gasteiger charge is 2.17. The second kappa shape index (κ2) is 9.29. The van der Waals surface area contributed by atoms with E-state index in [4.69, 9.17) is 11.6 Å². The molecule has 0 saturated carbocycles. The SMILES string of the molecule is CC(C)OP(C)(=O)F.Clc1ccccc1CN1CCc2sccc2C1. The van der Waals surface area contributed by atoms with Gasteiger partial charge in [-0.3, -0.25) is 9.46 Å². The molecule has 0 N–H and O–H groups in total. The Bertz CT molecular complexity index is 731. The first-order chi connectivity index (χ1) is 11.7. The zero-order valence-electron chi connectivity index (χ0n) is 14.7. The van der Waals surface area contributed by atoms with E-state index in [0.717, 1.165) is 31.3 Å². The fourth-order valence-electron chi connectivity index (χ4n) is 2.69. The van der Waals surface area contributed by atoms with Crippen molar-refractivity contribution in [2.24, 2.45) is 0 Å². The molecule has 0 radical (unpaired) electrons. The molecular formula is C18H24ClFNO2PS. The van der Waals surface area contributed by atoms with E-state index in [1.807, 2.05) is 23.5 Å². The van der Waals surface area contributed by atoms with Crippen LogP contribution in [-0.4, -0.2) is 24.2 Å². The highest BCUT2D eigenvalue weighted by molar-refractivity contribution is 7.52. The van der Waals surface area contributed by atoms with Gasteiger partial charge in [-0.05, 0) is 48.9 Å². The Morgan fingerprint density at radius 1 is 1.36 bits per heavy atom. The zero-order valence-corrected chi connectivity index (χ0v) is 17.2. The van der Waals surface area contributed by atoms with Gasteiger partial charge in [0.1, 0.15) is 0 Å². The molecule has 1 unspecified atom stereocenters. The summed E-state index contributed by atoms with van der Waals surface area (Å²) in [7, 11) is -3.72. The van der Waals surface area contributed by atoms with Crippen LogP contribution in [0.1, 0.15) is 29.9 Å². The number of benzene rings is 1. The normalized spacial score (nSPS) is 16.7. The number of fused-ring (bicyclic) bond motifs is 1. The van der Waals surface area contributed by atoms with Gasteiger partial charge in [0.2, 0.25) is 0 Å². The average Bonchev–Trinajstić information content (AvgIpc) is 2.95. The predicted octanol–water partition coefficient (Wildman–Crippen LogP) is 6.16. The molecule has 1 aliphatic rings. The van der Waals surface area contributed by atoms with Gasteiger partial charge in [0, 0.05) is 36.2 Å². The van der Waals surface area contributed by atoms with Gasteiger partial charge in [-0.1, -0.05) is 29.8 Å². The summed E-state index contributed by atoms with van der Waals surface area (Å²) >= 11 is 8.08. The van der Waals surface area contributed by atoms with Crippen molar-refractivity contribution in [3.05, 3.63) is 56.7 Å². The van der Waals surface area contributed by atoms with Crippen molar-refractivity contribution in [1.29, 1.82) is 0 Å². The Balaban J connectivity index is 0.000000242. The van der Waals surface area contributed by atoms with E-state index in [-0.39, 0.29) is 6.10 Å². The number of thiophene rings is 1. The van der Waals surface area contributed by atoms with Gasteiger partial charge in [0.15, 0.2) is 0 Å². The zero-order chi connectivity index (χ0) is 18.4. The molecule has 0 aliphatic carbocycles. The molecule has 0 saturated heterocycles. The van der Waals surface area contributed by atoms with Crippen molar-refractivity contribution in [1.82, 2.24) is 4.90 Å². The number of halogens is 2. The lowest BCUT2D eigenvalue weighted by atomic mass is 10.1. The molecule has 0 spiro atoms. The largest absolute Gasteiger partial charge is 0.364 e. The van der Waals surface area contributed by atoms with Crippen LogP contribution in [-0.2, 0) is 28.6 Å². The van der Waals surface area contributed by atoms with Crippen LogP contribution >= 0.6 is 30.6 Å². The Kier molecular flexibility index (Phi) is 7.66. The number of rotatable bonds is 4. The van der Waals surface area contributed by atoms with Gasteiger partial charge in [-0.2, -0.15) is 4.20 Å². The Morgan fingerprint density at radius 3 is 2.68 bits per heavy atom. The van der Waals surface area contributed by atoms with Gasteiger partial charge in [0.05, 0.1) is 6.10 Å². The molecule has 0 amide bonds. The molecule has 1 aliphatic heterocycles. The molecule has 2 aromatic rings. The second-order valence-corrected chi connectivity index (χ2v) is 9.43. The third-order valence-corrected chi connectivity index (χ3v) is 5.83. The maximum Gasteiger partial charge on any atom is 0.364 e. The Hall–Kier alpha value is -0.710. The number of hydrogen-bond donors (Lipinski definition) is 0. The third-order valence-electron chi connectivity index (χ3n) is 3.64. The van der Waals surface area contributed by atoms with Gasteiger partial charge in [-0.25, -0.2) is 0 Å². The minimum absolute atomic E-state index is 0.296. The maximum absolute atomic E-state index is 12.0. The lowest BCUT2D eigenvalue weighted by Crippen LogP contribution is -2.29. The average molecular weight is 404 g/mol. The molecule has 25 heavy (non-hydrogen) atoms. The molecule has 3 rings (SSSR count). The standard InChI is InChI=1S/C14H14ClNS.C4H10FO2P/c15-13-4-2-1-3-11(13)9-16-7-5-14-12(10-16)6-8-17-14;1-4(2)7-8(3,5)6/h1-4,6,8H,5,7,9-10H2;4H,1-3H3. The van der Waals surface area contributed by atoms with Crippen LogP contribution in [0, 0.1) is 0 Å². The summed E-state index contributed by atoms with van der Waals surface area (Å²) in [5, 5.41) is 3.08. The van der Waals surface area contributed by atoms with Crippen LogP contribution in [0.15, 0.2) is 35.7 Å². The molecule has 1 aromatic carbocycles. The van der Waals surface area contributed by atoms with E-state index >= 15 is 0 Å². The molecular weight excluding hydrogens is 380 g/mol. The molecule has 1 atom stereocenters. The van der Waals surface area contributed by atoms with E-state index in [0.29, 0.717) is 0 Å². The van der Waals surface area contributed by atoms with Crippen LogP contribution in [0.5, 0.6) is 0 Å². The van der Waals surface area contributed by atoms with E-state index in [9.17, 15) is 8.76 Å². The number of hydrogen-bond acceptors (Lipinski definition) is 4. The van der Waals surface area contributed by atoms with Crippen molar-refractivity contribution in [3.63, 3.8) is 0 Å². The summed E-state index contributed by atoms with van der Waals surface area (Å²) < 4.78 is 26.4. The Labute approximate surface area is 158 Å². The highest BCUT2D eigenvalue weighted by atomic mass is 35.5. The van der Waals surface area contributed by atoms with Gasteiger partial charge < -0.3 is 4.52 Å². The topological polar surface area (TPSA) is 29.5 Å². The molecule has 0 bridgehead atoms. The van der Waals surface area contributed by atoms with Crippen LogP contribution in [0.3, 0.4) is 0 Å². The Morgan fingerprint density at radius 2 is 2.08 bits per heavy atom. The molecule has 0 fully saturated rings. The fraction of sp³-hybridized carbons (Fsp3) is 0.444. The number of nitrogens with zero attached hydrogens (tertiary/aromatic N) is 1. The molecule has 2 heterocycles. The molecule has 3 nitrogen and oxygen atoms in total. The first-order valence-electron chi connectivity index (χ1n) is 8.21. The summed E-state index contributed by atoms with van der Waals surface area (Å²) in [5.41, 5.74) is 2.72. The van der Waals surface area contributed by atoms with Crippen molar-refractivity contribution in [3.8, 4) is 0 Å². The smallest absolute Gasteiger partial charge is 0.303 e. The van der Waals surface area contributed by atoms with Crippen molar-refractivity contribution >= 4 is 30.6 Å². The predicted molar refractivity (Wildman–Crippen MR) is 104 cm³/mol. The second-order valence-electron chi connectivity index (χ2n) is 6.32. The monoisotopic (exact) mass is 403 g/mol. The highest BCUT2D eigenvalue weighted by Crippen LogP contribution is 2.45. The minimum atomic E-state index is -3.72. The minimum Gasteiger partial charge on any atom is -0.303 e. The van der Waals surface area contributed by atoms with Crippen molar-refractivity contribution in [2.75, 3.05) is 13.2 Å². The summed E-state index contributed by atoms with van der Waals surface area (Å²) in [6, 6.07) is 10.4. The van der Waals surface area contributed by atoms with Gasteiger partial charge in [-0.15, -0.1) is 11.3 Å². The summed E-state index contributed by atoms with van der Waals surface area (Å²) in [5.74, 6) is 0. The third kappa shape index (κ3) is 7.20. The van der Waals surface area contributed by atoms with E-state index in [1.54, 1.807) is 18.7 Å². The van der Waals surface area contributed by atoms with Crippen molar-refractivity contribution < 1.29 is 13.3 Å². The van der Waals surface area contributed by atoms with Crippen LogP contribution in [0.2, 0.25) is 5.02 Å². The first kappa shape index (κ1) is 20.6. The summed E-state index contributed by atoms with van der Waals surface area (Å²) in [6.07, 6.45) is 0.883. The molecule has 138 valence electrons. The van der Waals surface area contributed by atoms with E-state index < -0.39 is 7.68 Å². The van der Waals surface area contributed by atoms with Crippen LogP contribution in [0.4, 0.5) is 4.20 Å².